The second kappa shape index (κ2) is 9.06. The van der Waals surface area contributed by atoms with E-state index in [4.69, 9.17) is 9.72 Å². The number of aromatic nitrogens is 2. The average molecular weight is 484 g/mol. The lowest BCUT2D eigenvalue weighted by molar-refractivity contribution is -0.130. The Kier molecular flexibility index (Phi) is 6.46. The van der Waals surface area contributed by atoms with Crippen LogP contribution >= 0.6 is 0 Å². The molecule has 1 aliphatic rings. The second-order valence-corrected chi connectivity index (χ2v) is 12.0. The van der Waals surface area contributed by atoms with Crippen molar-refractivity contribution in [2.24, 2.45) is 5.92 Å². The number of sulfone groups is 1. The van der Waals surface area contributed by atoms with Crippen LogP contribution in [0.2, 0.25) is 0 Å². The van der Waals surface area contributed by atoms with Crippen molar-refractivity contribution in [3.05, 3.63) is 48.3 Å². The van der Waals surface area contributed by atoms with Crippen molar-refractivity contribution in [3.63, 3.8) is 0 Å². The summed E-state index contributed by atoms with van der Waals surface area (Å²) in [5.74, 6) is 2.01. The monoisotopic (exact) mass is 483 g/mol. The first-order valence-electron chi connectivity index (χ1n) is 11.7. The molecule has 3 aromatic rings. The number of fused-ring (bicyclic) bond motifs is 1. The molecule has 1 amide bonds. The predicted molar refractivity (Wildman–Crippen MR) is 132 cm³/mol. The molecule has 1 aliphatic heterocycles. The number of likely N-dealkylation sites (tertiary alicyclic amines) is 1. The van der Waals surface area contributed by atoms with Gasteiger partial charge in [0.1, 0.15) is 11.6 Å². The fraction of sp³-hybridized carbons (Fsp3) is 0.462. The number of carbonyl (C=O) groups excluding carboxylic acids is 1. The van der Waals surface area contributed by atoms with Crippen molar-refractivity contribution < 1.29 is 17.9 Å². The molecule has 0 spiro atoms. The zero-order chi connectivity index (χ0) is 24.7. The van der Waals surface area contributed by atoms with E-state index < -0.39 is 9.84 Å². The Balaban J connectivity index is 1.71. The summed E-state index contributed by atoms with van der Waals surface area (Å²) in [7, 11) is -2.19. The molecule has 2 heterocycles. The van der Waals surface area contributed by atoms with Crippen LogP contribution in [0.3, 0.4) is 0 Å². The van der Waals surface area contributed by atoms with Gasteiger partial charge >= 0.3 is 0 Å². The fourth-order valence-electron chi connectivity index (χ4n) is 4.63. The van der Waals surface area contributed by atoms with Gasteiger partial charge in [-0.1, -0.05) is 26.8 Å². The zero-order valence-electron chi connectivity index (χ0n) is 20.5. The van der Waals surface area contributed by atoms with Gasteiger partial charge in [-0.3, -0.25) is 4.79 Å². The number of benzene rings is 2. The maximum absolute atomic E-state index is 13.3. The first-order valence-corrected chi connectivity index (χ1v) is 13.1. The van der Waals surface area contributed by atoms with Gasteiger partial charge in [-0.2, -0.15) is 0 Å². The van der Waals surface area contributed by atoms with E-state index in [1.54, 1.807) is 37.3 Å². The smallest absolute Gasteiger partial charge is 0.219 e. The number of hydrogen-bond acceptors (Lipinski definition) is 5. The highest BCUT2D eigenvalue weighted by molar-refractivity contribution is 7.91. The molecule has 7 nitrogen and oxygen atoms in total. The van der Waals surface area contributed by atoms with Crippen LogP contribution in [0.1, 0.15) is 46.4 Å². The molecular weight excluding hydrogens is 450 g/mol. The van der Waals surface area contributed by atoms with Crippen LogP contribution in [-0.2, 0) is 26.6 Å². The average Bonchev–Trinajstić information content (AvgIpc) is 3.17. The third-order valence-corrected chi connectivity index (χ3v) is 8.30. The molecule has 0 N–H and O–H groups in total. The number of methoxy groups -OCH3 is 1. The van der Waals surface area contributed by atoms with Crippen LogP contribution in [0, 0.1) is 5.92 Å². The normalized spacial score (nSPS) is 15.6. The minimum Gasteiger partial charge on any atom is -0.497 e. The summed E-state index contributed by atoms with van der Waals surface area (Å²) in [4.78, 5) is 18.9. The third-order valence-electron chi connectivity index (χ3n) is 6.55. The molecule has 0 radical (unpaired) electrons. The molecule has 182 valence electrons. The zero-order valence-corrected chi connectivity index (χ0v) is 21.4. The Morgan fingerprint density at radius 1 is 1.09 bits per heavy atom. The van der Waals surface area contributed by atoms with E-state index in [1.165, 1.54) is 13.2 Å². The first-order chi connectivity index (χ1) is 16.0. The van der Waals surface area contributed by atoms with E-state index in [9.17, 15) is 13.2 Å². The highest BCUT2D eigenvalue weighted by atomic mass is 32.2. The van der Waals surface area contributed by atoms with Crippen molar-refractivity contribution in [1.29, 1.82) is 0 Å². The van der Waals surface area contributed by atoms with Crippen molar-refractivity contribution in [2.75, 3.05) is 20.2 Å². The lowest BCUT2D eigenvalue weighted by Crippen LogP contribution is -2.38. The molecule has 0 bridgehead atoms. The maximum atomic E-state index is 13.3. The van der Waals surface area contributed by atoms with Gasteiger partial charge < -0.3 is 14.2 Å². The van der Waals surface area contributed by atoms with Gasteiger partial charge in [0.25, 0.3) is 0 Å². The van der Waals surface area contributed by atoms with E-state index in [0.717, 1.165) is 43.8 Å². The summed E-state index contributed by atoms with van der Waals surface area (Å²) in [6, 6.07) is 11.7. The number of ether oxygens (including phenoxy) is 1. The van der Waals surface area contributed by atoms with Crippen molar-refractivity contribution in [1.82, 2.24) is 14.5 Å². The summed E-state index contributed by atoms with van der Waals surface area (Å²) in [5, 5.41) is 0. The minimum absolute atomic E-state index is 0.131. The van der Waals surface area contributed by atoms with Gasteiger partial charge in [0.2, 0.25) is 15.7 Å². The van der Waals surface area contributed by atoms with Gasteiger partial charge in [-0.05, 0) is 55.2 Å². The standard InChI is InChI=1S/C26H33N3O4S/c1-18(30)28-13-11-19(12-14-28)17-29-24-10-9-22(16-23(24)27-25(29)26(2,3)4)34(31,32)21-8-6-7-20(15-21)33-5/h6-10,15-16,19H,11-14,17H2,1-5H3. The number of piperidine rings is 1. The molecule has 0 unspecified atom stereocenters. The molecule has 1 aromatic heterocycles. The molecule has 0 aliphatic carbocycles. The largest absolute Gasteiger partial charge is 0.497 e. The fourth-order valence-corrected chi connectivity index (χ4v) is 5.94. The minimum atomic E-state index is -3.71. The molecule has 0 saturated carbocycles. The number of imidazole rings is 1. The van der Waals surface area contributed by atoms with Crippen LogP contribution < -0.4 is 4.74 Å². The highest BCUT2D eigenvalue weighted by Gasteiger charge is 2.28. The quantitative estimate of drug-likeness (QED) is 0.536. The molecule has 8 heteroatoms. The van der Waals surface area contributed by atoms with Crippen LogP contribution in [0.25, 0.3) is 11.0 Å². The molecule has 2 aromatic carbocycles. The van der Waals surface area contributed by atoms with E-state index in [-0.39, 0.29) is 21.1 Å². The van der Waals surface area contributed by atoms with Crippen LogP contribution in [0.5, 0.6) is 5.75 Å². The van der Waals surface area contributed by atoms with Crippen molar-refractivity contribution in [2.45, 2.75) is 62.3 Å². The van der Waals surface area contributed by atoms with E-state index in [1.807, 2.05) is 11.0 Å². The lowest BCUT2D eigenvalue weighted by Gasteiger charge is -2.32. The summed E-state index contributed by atoms with van der Waals surface area (Å²) in [6.45, 7) is 10.3. The first kappa shape index (κ1) is 24.3. The second-order valence-electron chi connectivity index (χ2n) is 10.1. The molecule has 1 fully saturated rings. The topological polar surface area (TPSA) is 81.5 Å². The molecule has 4 rings (SSSR count). The predicted octanol–water partition coefficient (Wildman–Crippen LogP) is 4.43. The Morgan fingerprint density at radius 3 is 2.38 bits per heavy atom. The Labute approximate surface area is 201 Å². The van der Waals surface area contributed by atoms with E-state index in [2.05, 4.69) is 25.3 Å². The Hall–Kier alpha value is -2.87. The lowest BCUT2D eigenvalue weighted by atomic mass is 9.93. The number of amides is 1. The number of nitrogens with zero attached hydrogens (tertiary/aromatic N) is 3. The maximum Gasteiger partial charge on any atom is 0.219 e. The van der Waals surface area contributed by atoms with Gasteiger partial charge in [-0.25, -0.2) is 13.4 Å². The molecule has 1 saturated heterocycles. The van der Waals surface area contributed by atoms with Crippen LogP contribution in [-0.4, -0.2) is 49.0 Å². The summed E-state index contributed by atoms with van der Waals surface area (Å²) in [5.41, 5.74) is 1.41. The summed E-state index contributed by atoms with van der Waals surface area (Å²) >= 11 is 0. The number of carbonyl (C=O) groups is 1. The van der Waals surface area contributed by atoms with Crippen molar-refractivity contribution >= 4 is 26.8 Å². The number of rotatable bonds is 5. The SMILES string of the molecule is COc1cccc(S(=O)(=O)c2ccc3c(c2)nc(C(C)(C)C)n3CC2CCN(C(C)=O)CC2)c1. The van der Waals surface area contributed by atoms with Gasteiger partial charge in [0.15, 0.2) is 0 Å². The van der Waals surface area contributed by atoms with E-state index >= 15 is 0 Å². The highest BCUT2D eigenvalue weighted by Crippen LogP contribution is 2.32. The van der Waals surface area contributed by atoms with Gasteiger partial charge in [0.05, 0.1) is 27.9 Å². The van der Waals surface area contributed by atoms with Crippen molar-refractivity contribution in [3.8, 4) is 5.75 Å². The molecule has 34 heavy (non-hydrogen) atoms. The Bertz CT molecular complexity index is 1310. The Morgan fingerprint density at radius 2 is 1.76 bits per heavy atom. The third kappa shape index (κ3) is 4.69. The van der Waals surface area contributed by atoms with Gasteiger partial charge in [0, 0.05) is 32.0 Å². The summed E-state index contributed by atoms with van der Waals surface area (Å²) in [6.07, 6.45) is 1.90. The molecule has 0 atom stereocenters. The van der Waals surface area contributed by atoms with E-state index in [0.29, 0.717) is 17.2 Å². The summed E-state index contributed by atoms with van der Waals surface area (Å²) < 4.78 is 34.1. The van der Waals surface area contributed by atoms with Gasteiger partial charge in [-0.15, -0.1) is 0 Å². The van der Waals surface area contributed by atoms with Crippen LogP contribution in [0.15, 0.2) is 52.3 Å². The molecular formula is C26H33N3O4S. The van der Waals surface area contributed by atoms with Crippen LogP contribution in [0.4, 0.5) is 0 Å². The number of hydrogen-bond donors (Lipinski definition) is 0.